The smallest absolute Gasteiger partial charge is 0.330 e. The quantitative estimate of drug-likeness (QED) is 0.611. The zero-order valence-corrected chi connectivity index (χ0v) is 16.0. The third kappa shape index (κ3) is 1.56. The van der Waals surface area contributed by atoms with E-state index in [9.17, 15) is 9.59 Å². The van der Waals surface area contributed by atoms with Crippen LogP contribution in [0.2, 0.25) is 0 Å². The number of carbonyl (C=O) groups is 2. The van der Waals surface area contributed by atoms with Gasteiger partial charge in [0.15, 0.2) is 0 Å². The molecule has 0 aromatic carbocycles. The van der Waals surface area contributed by atoms with Crippen LogP contribution in [0.15, 0.2) is 12.2 Å². The largest absolute Gasteiger partial charge is 0.456 e. The maximum Gasteiger partial charge on any atom is 0.330 e. The molecule has 3 nitrogen and oxygen atoms in total. The molecule has 136 valence electrons. The second-order valence-electron chi connectivity index (χ2n) is 10.6. The molecule has 4 aliphatic carbocycles. The summed E-state index contributed by atoms with van der Waals surface area (Å²) in [5.41, 5.74) is -0.251. The maximum absolute atomic E-state index is 13.6. The molecule has 0 bridgehead atoms. The number of hydrogen-bond acceptors (Lipinski definition) is 3. The number of hydrogen-bond donors (Lipinski definition) is 0. The van der Waals surface area contributed by atoms with Gasteiger partial charge in [0.05, 0.1) is 0 Å². The van der Waals surface area contributed by atoms with Crippen molar-refractivity contribution < 1.29 is 14.3 Å². The van der Waals surface area contributed by atoms with Crippen LogP contribution in [0.3, 0.4) is 0 Å². The van der Waals surface area contributed by atoms with Gasteiger partial charge in [-0.25, -0.2) is 4.79 Å². The van der Waals surface area contributed by atoms with Gasteiger partial charge in [0, 0.05) is 23.8 Å². The van der Waals surface area contributed by atoms with Gasteiger partial charge in [-0.2, -0.15) is 0 Å². The molecule has 4 fully saturated rings. The molecule has 0 saturated heterocycles. The van der Waals surface area contributed by atoms with E-state index in [0.717, 1.165) is 6.42 Å². The van der Waals surface area contributed by atoms with E-state index in [-0.39, 0.29) is 28.1 Å². The molecule has 0 N–H and O–H groups in total. The zero-order chi connectivity index (χ0) is 17.9. The molecule has 3 heteroatoms. The molecule has 6 unspecified atom stereocenters. The van der Waals surface area contributed by atoms with Crippen LogP contribution in [-0.2, 0) is 14.3 Å². The van der Waals surface area contributed by atoms with Crippen molar-refractivity contribution in [3.05, 3.63) is 12.2 Å². The van der Waals surface area contributed by atoms with Gasteiger partial charge in [0.1, 0.15) is 11.4 Å². The molecule has 6 atom stereocenters. The minimum atomic E-state index is -0.599. The molecule has 0 spiro atoms. The lowest BCUT2D eigenvalue weighted by Crippen LogP contribution is -2.62. The second-order valence-corrected chi connectivity index (χ2v) is 10.6. The first-order valence-corrected chi connectivity index (χ1v) is 10.1. The summed E-state index contributed by atoms with van der Waals surface area (Å²) in [7, 11) is 0. The highest BCUT2D eigenvalue weighted by atomic mass is 16.6. The average molecular weight is 342 g/mol. The van der Waals surface area contributed by atoms with Crippen LogP contribution in [0.5, 0.6) is 0 Å². The Kier molecular flexibility index (Phi) is 2.72. The van der Waals surface area contributed by atoms with Gasteiger partial charge in [-0.3, -0.25) is 4.79 Å². The normalized spacial score (nSPS) is 55.4. The van der Waals surface area contributed by atoms with Gasteiger partial charge in [-0.15, -0.1) is 0 Å². The van der Waals surface area contributed by atoms with Gasteiger partial charge < -0.3 is 4.74 Å². The molecule has 0 radical (unpaired) electrons. The Bertz CT molecular complexity index is 721. The number of ether oxygens (including phenoxy) is 1. The van der Waals surface area contributed by atoms with Gasteiger partial charge in [-0.1, -0.05) is 26.3 Å². The topological polar surface area (TPSA) is 43.4 Å². The van der Waals surface area contributed by atoms with Crippen molar-refractivity contribution in [1.82, 2.24) is 0 Å². The van der Waals surface area contributed by atoms with E-state index >= 15 is 0 Å². The Labute approximate surface area is 150 Å². The fourth-order valence-corrected chi connectivity index (χ4v) is 8.53. The molecule has 0 aromatic rings. The first-order chi connectivity index (χ1) is 11.6. The predicted octanol–water partition coefficient (Wildman–Crippen LogP) is 4.45. The summed E-state index contributed by atoms with van der Waals surface area (Å²) in [6.45, 7) is 8.58. The van der Waals surface area contributed by atoms with Crippen LogP contribution >= 0.6 is 0 Å². The van der Waals surface area contributed by atoms with Crippen LogP contribution in [0.25, 0.3) is 0 Å². The van der Waals surface area contributed by atoms with Crippen LogP contribution in [-0.4, -0.2) is 17.4 Å². The summed E-state index contributed by atoms with van der Waals surface area (Å²) in [6, 6.07) is 0. The lowest BCUT2D eigenvalue weighted by Gasteiger charge is -2.61. The van der Waals surface area contributed by atoms with Gasteiger partial charge in [0.2, 0.25) is 0 Å². The monoisotopic (exact) mass is 342 g/mol. The van der Waals surface area contributed by atoms with Crippen LogP contribution in [0.1, 0.15) is 72.6 Å². The summed E-state index contributed by atoms with van der Waals surface area (Å²) in [6.07, 6.45) is 11.8. The van der Waals surface area contributed by atoms with Gasteiger partial charge >= 0.3 is 5.97 Å². The Hall–Kier alpha value is -1.12. The number of carbonyl (C=O) groups excluding carboxylic acids is 2. The van der Waals surface area contributed by atoms with Crippen molar-refractivity contribution in [2.24, 2.45) is 33.5 Å². The summed E-state index contributed by atoms with van der Waals surface area (Å²) < 4.78 is 5.74. The molecule has 5 rings (SSSR count). The Morgan fingerprint density at radius 2 is 1.80 bits per heavy atom. The predicted molar refractivity (Wildman–Crippen MR) is 94.7 cm³/mol. The van der Waals surface area contributed by atoms with Crippen molar-refractivity contribution in [1.29, 1.82) is 0 Å². The Balaban J connectivity index is 1.67. The standard InChI is InChI=1S/C22H30O3/c1-18(2)15-12-16(23)20(4)14(19(15,3)10-7-17(24)25-18)6-11-21-8-5-9-22(20,21)13-21/h7,10,14-15H,5-6,8-9,11-13H2,1-4H3. The van der Waals surface area contributed by atoms with E-state index in [1.807, 2.05) is 13.8 Å². The average Bonchev–Trinajstić information content (AvgIpc) is 3.07. The Morgan fingerprint density at radius 3 is 2.56 bits per heavy atom. The second kappa shape index (κ2) is 4.23. The van der Waals surface area contributed by atoms with E-state index in [0.29, 0.717) is 23.5 Å². The first kappa shape index (κ1) is 16.1. The molecular formula is C22H30O3. The lowest BCUT2D eigenvalue weighted by atomic mass is 9.42. The van der Waals surface area contributed by atoms with Crippen molar-refractivity contribution in [3.63, 3.8) is 0 Å². The van der Waals surface area contributed by atoms with Crippen LogP contribution < -0.4 is 0 Å². The zero-order valence-electron chi connectivity index (χ0n) is 16.0. The molecule has 0 amide bonds. The van der Waals surface area contributed by atoms with E-state index in [2.05, 4.69) is 19.9 Å². The first-order valence-electron chi connectivity index (χ1n) is 10.1. The van der Waals surface area contributed by atoms with Crippen molar-refractivity contribution in [2.75, 3.05) is 0 Å². The number of ketones is 1. The fraction of sp³-hybridized carbons (Fsp3) is 0.818. The lowest BCUT2D eigenvalue weighted by molar-refractivity contribution is -0.184. The van der Waals surface area contributed by atoms with Crippen molar-refractivity contribution in [2.45, 2.75) is 78.2 Å². The number of cyclic esters (lactones) is 1. The van der Waals surface area contributed by atoms with Crippen molar-refractivity contribution in [3.8, 4) is 0 Å². The molecule has 1 heterocycles. The molecule has 4 saturated carbocycles. The molecule has 5 aliphatic rings. The molecular weight excluding hydrogens is 312 g/mol. The third-order valence-corrected chi connectivity index (χ3v) is 9.64. The van der Waals surface area contributed by atoms with Gasteiger partial charge in [0.25, 0.3) is 0 Å². The number of rotatable bonds is 0. The molecule has 1 aliphatic heterocycles. The number of allylic oxidation sites excluding steroid dienone is 1. The maximum atomic E-state index is 13.6. The highest BCUT2D eigenvalue weighted by Crippen LogP contribution is 2.87. The van der Waals surface area contributed by atoms with Crippen LogP contribution in [0.4, 0.5) is 0 Å². The Morgan fingerprint density at radius 1 is 1.04 bits per heavy atom. The van der Waals surface area contributed by atoms with Crippen molar-refractivity contribution >= 4 is 11.8 Å². The SMILES string of the molecule is CC1(C)OC(=O)C=CC2(C)C1CC(=O)C1(C)C2CCC23CCCC21C3. The summed E-state index contributed by atoms with van der Waals surface area (Å²) in [5.74, 6) is 0.579. The highest BCUT2D eigenvalue weighted by molar-refractivity contribution is 5.89. The minimum absolute atomic E-state index is 0.0670. The number of Topliss-reactive ketones (excluding diaryl/α,β-unsaturated/α-hetero) is 1. The summed E-state index contributed by atoms with van der Waals surface area (Å²) >= 11 is 0. The summed E-state index contributed by atoms with van der Waals surface area (Å²) in [5, 5.41) is 0. The van der Waals surface area contributed by atoms with Crippen LogP contribution in [0, 0.1) is 33.5 Å². The third-order valence-electron chi connectivity index (χ3n) is 9.64. The van der Waals surface area contributed by atoms with E-state index in [4.69, 9.17) is 4.74 Å². The fourth-order valence-electron chi connectivity index (χ4n) is 8.53. The minimum Gasteiger partial charge on any atom is -0.456 e. The summed E-state index contributed by atoms with van der Waals surface area (Å²) in [4.78, 5) is 25.8. The number of esters is 1. The highest BCUT2D eigenvalue weighted by Gasteiger charge is 2.82. The molecule has 0 aromatic heterocycles. The van der Waals surface area contributed by atoms with E-state index in [1.54, 1.807) is 6.08 Å². The van der Waals surface area contributed by atoms with Gasteiger partial charge in [-0.05, 0) is 68.1 Å². The van der Waals surface area contributed by atoms with E-state index < -0.39 is 5.60 Å². The van der Waals surface area contributed by atoms with E-state index in [1.165, 1.54) is 32.1 Å². The number of fused-ring (bicyclic) bond motifs is 3. The molecule has 25 heavy (non-hydrogen) atoms.